The van der Waals surface area contributed by atoms with Gasteiger partial charge in [0.25, 0.3) is 0 Å². The minimum atomic E-state index is 0.319. The summed E-state index contributed by atoms with van der Waals surface area (Å²) in [5, 5.41) is 3.41. The highest BCUT2D eigenvalue weighted by atomic mass is 15.1. The number of likely N-dealkylation sites (N-methyl/N-ethyl adjacent to an activating group) is 1. The summed E-state index contributed by atoms with van der Waals surface area (Å²) in [6, 6.07) is 4.82. The van der Waals surface area contributed by atoms with Gasteiger partial charge in [-0.25, -0.2) is 4.98 Å². The molecule has 1 aromatic carbocycles. The molecule has 1 atom stereocenters. The summed E-state index contributed by atoms with van der Waals surface area (Å²) in [5.74, 6) is 0. The molecule has 0 aliphatic heterocycles. The van der Waals surface area contributed by atoms with E-state index in [4.69, 9.17) is 0 Å². The first-order valence-corrected chi connectivity index (χ1v) is 6.32. The van der Waals surface area contributed by atoms with Gasteiger partial charge in [0, 0.05) is 18.9 Å². The molecule has 0 fully saturated rings. The highest BCUT2D eigenvalue weighted by Gasteiger charge is 2.15. The molecule has 0 bridgehead atoms. The van der Waals surface area contributed by atoms with E-state index in [2.05, 4.69) is 47.8 Å². The molecule has 0 aliphatic carbocycles. The lowest BCUT2D eigenvalue weighted by molar-refractivity contribution is 0.496. The van der Waals surface area contributed by atoms with Gasteiger partial charge in [0.2, 0.25) is 0 Å². The first-order chi connectivity index (χ1) is 8.61. The van der Waals surface area contributed by atoms with Gasteiger partial charge in [-0.2, -0.15) is 0 Å². The van der Waals surface area contributed by atoms with E-state index >= 15 is 0 Å². The van der Waals surface area contributed by atoms with E-state index in [0.29, 0.717) is 6.04 Å². The molecule has 3 heteroatoms. The minimum Gasteiger partial charge on any atom is -0.336 e. The molecular weight excluding hydrogens is 222 g/mol. The summed E-state index contributed by atoms with van der Waals surface area (Å²) in [6.07, 6.45) is 5.69. The van der Waals surface area contributed by atoms with Crippen molar-refractivity contribution in [3.8, 4) is 0 Å². The number of aromatic nitrogens is 2. The number of nitrogens with one attached hydrogen (secondary N) is 1. The Morgan fingerprint density at radius 2 is 1.89 bits per heavy atom. The van der Waals surface area contributed by atoms with Crippen LogP contribution in [0.1, 0.15) is 28.3 Å². The smallest absolute Gasteiger partial charge is 0.0946 e. The average molecular weight is 243 g/mol. The fourth-order valence-corrected chi connectivity index (χ4v) is 2.67. The zero-order valence-electron chi connectivity index (χ0n) is 11.6. The fourth-order valence-electron chi connectivity index (χ4n) is 2.67. The van der Waals surface area contributed by atoms with Crippen LogP contribution in [0.5, 0.6) is 0 Å². The quantitative estimate of drug-likeness (QED) is 0.895. The Kier molecular flexibility index (Phi) is 3.82. The van der Waals surface area contributed by atoms with Crippen LogP contribution in [0.4, 0.5) is 0 Å². The zero-order valence-corrected chi connectivity index (χ0v) is 11.6. The number of imidazole rings is 1. The highest BCUT2D eigenvalue weighted by molar-refractivity contribution is 5.39. The average Bonchev–Trinajstić information content (AvgIpc) is 2.79. The number of aryl methyl sites for hydroxylation is 3. The lowest BCUT2D eigenvalue weighted by Gasteiger charge is -2.22. The van der Waals surface area contributed by atoms with Gasteiger partial charge in [-0.05, 0) is 44.5 Å². The Balaban J connectivity index is 2.33. The minimum absolute atomic E-state index is 0.319. The topological polar surface area (TPSA) is 29.9 Å². The number of nitrogens with zero attached hydrogens (tertiary/aromatic N) is 2. The third-order valence-electron chi connectivity index (χ3n) is 3.39. The molecule has 0 spiro atoms. The van der Waals surface area contributed by atoms with E-state index < -0.39 is 0 Å². The molecule has 0 saturated carbocycles. The van der Waals surface area contributed by atoms with Crippen molar-refractivity contribution in [2.75, 3.05) is 7.05 Å². The van der Waals surface area contributed by atoms with Gasteiger partial charge in [-0.3, -0.25) is 0 Å². The van der Waals surface area contributed by atoms with Crippen LogP contribution in [0.25, 0.3) is 0 Å². The van der Waals surface area contributed by atoms with Crippen LogP contribution in [0.3, 0.4) is 0 Å². The lowest BCUT2D eigenvalue weighted by atomic mass is 9.94. The van der Waals surface area contributed by atoms with E-state index in [-0.39, 0.29) is 0 Å². The van der Waals surface area contributed by atoms with Crippen molar-refractivity contribution in [2.45, 2.75) is 33.4 Å². The van der Waals surface area contributed by atoms with Crippen LogP contribution in [0, 0.1) is 20.8 Å². The Hall–Kier alpha value is -1.61. The van der Waals surface area contributed by atoms with E-state index in [9.17, 15) is 0 Å². The molecule has 0 amide bonds. The van der Waals surface area contributed by atoms with Gasteiger partial charge >= 0.3 is 0 Å². The Morgan fingerprint density at radius 3 is 2.39 bits per heavy atom. The second-order valence-corrected chi connectivity index (χ2v) is 4.91. The molecule has 0 saturated heterocycles. The van der Waals surface area contributed by atoms with Crippen molar-refractivity contribution < 1.29 is 0 Å². The van der Waals surface area contributed by atoms with Crippen LogP contribution in [0.15, 0.2) is 30.9 Å². The van der Waals surface area contributed by atoms with Crippen LogP contribution >= 0.6 is 0 Å². The molecule has 1 N–H and O–H groups in total. The van der Waals surface area contributed by atoms with Crippen LogP contribution in [0.2, 0.25) is 0 Å². The number of rotatable bonds is 4. The first kappa shape index (κ1) is 12.8. The molecule has 1 unspecified atom stereocenters. The van der Waals surface area contributed by atoms with Gasteiger partial charge in [-0.1, -0.05) is 17.7 Å². The summed E-state index contributed by atoms with van der Waals surface area (Å²) in [4.78, 5) is 4.10. The van der Waals surface area contributed by atoms with Crippen molar-refractivity contribution in [1.29, 1.82) is 0 Å². The maximum absolute atomic E-state index is 4.10. The zero-order chi connectivity index (χ0) is 13.1. The SMILES string of the molecule is CNC(Cn1ccnc1)c1c(C)cc(C)cc1C. The standard InChI is InChI=1S/C15H21N3/c1-11-7-12(2)15(13(3)8-11)14(16-4)9-18-6-5-17-10-18/h5-8,10,14,16H,9H2,1-4H3. The first-order valence-electron chi connectivity index (χ1n) is 6.32. The third-order valence-corrected chi connectivity index (χ3v) is 3.39. The van der Waals surface area contributed by atoms with Crippen LogP contribution in [-0.4, -0.2) is 16.6 Å². The second-order valence-electron chi connectivity index (χ2n) is 4.91. The van der Waals surface area contributed by atoms with Crippen LogP contribution in [-0.2, 0) is 6.54 Å². The van der Waals surface area contributed by atoms with Gasteiger partial charge < -0.3 is 9.88 Å². The van der Waals surface area contributed by atoms with E-state index in [1.165, 1.54) is 22.3 Å². The van der Waals surface area contributed by atoms with Gasteiger partial charge in [-0.15, -0.1) is 0 Å². The number of hydrogen-bond acceptors (Lipinski definition) is 2. The summed E-state index contributed by atoms with van der Waals surface area (Å²) in [5.41, 5.74) is 5.43. The number of benzene rings is 1. The molecule has 2 aromatic rings. The second kappa shape index (κ2) is 5.36. The van der Waals surface area contributed by atoms with Gasteiger partial charge in [0.15, 0.2) is 0 Å². The Bertz CT molecular complexity index is 492. The molecule has 0 aliphatic rings. The molecule has 3 nitrogen and oxygen atoms in total. The molecule has 2 rings (SSSR count). The molecule has 96 valence electrons. The summed E-state index contributed by atoms with van der Waals surface area (Å²) < 4.78 is 2.11. The monoisotopic (exact) mass is 243 g/mol. The van der Waals surface area contributed by atoms with Crippen molar-refractivity contribution >= 4 is 0 Å². The van der Waals surface area contributed by atoms with E-state index in [0.717, 1.165) is 6.54 Å². The van der Waals surface area contributed by atoms with Gasteiger partial charge in [0.1, 0.15) is 0 Å². The molecule has 1 heterocycles. The van der Waals surface area contributed by atoms with Crippen molar-refractivity contribution in [3.63, 3.8) is 0 Å². The largest absolute Gasteiger partial charge is 0.336 e. The molecular formula is C15H21N3. The fraction of sp³-hybridized carbons (Fsp3) is 0.400. The molecule has 18 heavy (non-hydrogen) atoms. The predicted octanol–water partition coefficient (Wildman–Crippen LogP) is 2.77. The summed E-state index contributed by atoms with van der Waals surface area (Å²) in [6.45, 7) is 7.43. The van der Waals surface area contributed by atoms with E-state index in [1.807, 2.05) is 25.8 Å². The molecule has 0 radical (unpaired) electrons. The highest BCUT2D eigenvalue weighted by Crippen LogP contribution is 2.24. The summed E-state index contributed by atoms with van der Waals surface area (Å²) in [7, 11) is 2.01. The van der Waals surface area contributed by atoms with Crippen molar-refractivity contribution in [1.82, 2.24) is 14.9 Å². The third kappa shape index (κ3) is 2.62. The molecule has 1 aromatic heterocycles. The van der Waals surface area contributed by atoms with Gasteiger partial charge in [0.05, 0.1) is 12.4 Å². The Morgan fingerprint density at radius 1 is 1.22 bits per heavy atom. The lowest BCUT2D eigenvalue weighted by Crippen LogP contribution is -2.23. The maximum atomic E-state index is 4.10. The Labute approximate surface area is 109 Å². The maximum Gasteiger partial charge on any atom is 0.0946 e. The van der Waals surface area contributed by atoms with Crippen LogP contribution < -0.4 is 5.32 Å². The normalized spacial score (nSPS) is 12.7. The summed E-state index contributed by atoms with van der Waals surface area (Å²) >= 11 is 0. The number of hydrogen-bond donors (Lipinski definition) is 1. The predicted molar refractivity (Wildman–Crippen MR) is 74.7 cm³/mol. The van der Waals surface area contributed by atoms with Crippen molar-refractivity contribution in [3.05, 3.63) is 53.1 Å². The van der Waals surface area contributed by atoms with Crippen molar-refractivity contribution in [2.24, 2.45) is 0 Å². The van der Waals surface area contributed by atoms with E-state index in [1.54, 1.807) is 0 Å².